The van der Waals surface area contributed by atoms with Gasteiger partial charge in [-0.25, -0.2) is 0 Å². The van der Waals surface area contributed by atoms with Gasteiger partial charge in [-0.15, -0.1) is 0 Å². The molecule has 0 aromatic carbocycles. The summed E-state index contributed by atoms with van der Waals surface area (Å²) in [4.78, 5) is 15.8. The Kier molecular flexibility index (Phi) is 12.1. The molecule has 3 nitrogen and oxygen atoms in total. The van der Waals surface area contributed by atoms with E-state index >= 15 is 0 Å². The molecular formula is C45H81N3. The zero-order valence-corrected chi connectivity index (χ0v) is 37.3. The van der Waals surface area contributed by atoms with Crippen molar-refractivity contribution in [3.05, 3.63) is 50.9 Å². The summed E-state index contributed by atoms with van der Waals surface area (Å²) in [6.45, 7) is 61.8. The third kappa shape index (κ3) is 10.6. The first-order valence-corrected chi connectivity index (χ1v) is 18.6. The lowest BCUT2D eigenvalue weighted by Crippen LogP contribution is -2.37. The van der Waals surface area contributed by atoms with Gasteiger partial charge < -0.3 is 0 Å². The zero-order chi connectivity index (χ0) is 38.8. The monoisotopic (exact) mass is 664 g/mol. The molecule has 0 amide bonds. The summed E-state index contributed by atoms with van der Waals surface area (Å²) in [5, 5.41) is 0. The second-order valence-corrected chi connectivity index (χ2v) is 23.8. The lowest BCUT2D eigenvalue weighted by atomic mass is 9.64. The highest BCUT2D eigenvalue weighted by atomic mass is 14.9. The molecule has 0 radical (unpaired) electrons. The topological polar surface area (TPSA) is 38.7 Å². The second kappa shape index (κ2) is 13.1. The van der Waals surface area contributed by atoms with Crippen LogP contribution in [0.4, 0.5) is 0 Å². The van der Waals surface area contributed by atoms with Crippen LogP contribution in [0.3, 0.4) is 0 Å². The van der Waals surface area contributed by atoms with Gasteiger partial charge in [0.2, 0.25) is 0 Å². The minimum atomic E-state index is -0.00791. The molecule has 0 spiro atoms. The Balaban J connectivity index is 0.000000487. The van der Waals surface area contributed by atoms with Crippen LogP contribution in [0.1, 0.15) is 238 Å². The number of aromatic nitrogens is 3. The van der Waals surface area contributed by atoms with Gasteiger partial charge in [0.1, 0.15) is 0 Å². The van der Waals surface area contributed by atoms with Crippen LogP contribution in [0.25, 0.3) is 0 Å². The first-order valence-electron chi connectivity index (χ1n) is 18.6. The summed E-state index contributed by atoms with van der Waals surface area (Å²) in [6.07, 6.45) is 0. The normalized spacial score (nSPS) is 14.6. The minimum Gasteiger partial charge on any atom is -0.256 e. The van der Waals surface area contributed by atoms with E-state index in [0.717, 1.165) is 22.8 Å². The SMILES string of the molecule is CC(C)(C)c1nc(C(C)(C)C)c(C(C)(C)C)c(C(C)(C)C)c1C(C)(C)C.CC(C)(C)c1nc(C(C)(C)C)c(C(C)(C)C)nc1C(C)(C)C. The highest BCUT2D eigenvalue weighted by Crippen LogP contribution is 2.48. The van der Waals surface area contributed by atoms with E-state index in [1.165, 1.54) is 28.1 Å². The molecule has 0 aliphatic rings. The Morgan fingerprint density at radius 3 is 0.458 bits per heavy atom. The largest absolute Gasteiger partial charge is 0.256 e. The van der Waals surface area contributed by atoms with Crippen molar-refractivity contribution >= 4 is 0 Å². The maximum absolute atomic E-state index is 5.42. The quantitative estimate of drug-likeness (QED) is 0.281. The number of rotatable bonds is 0. The van der Waals surface area contributed by atoms with Crippen LogP contribution >= 0.6 is 0 Å². The molecule has 0 unspecified atom stereocenters. The van der Waals surface area contributed by atoms with E-state index in [0.29, 0.717) is 0 Å². The summed E-state index contributed by atoms with van der Waals surface area (Å²) < 4.78 is 0. The summed E-state index contributed by atoms with van der Waals surface area (Å²) in [7, 11) is 0. The van der Waals surface area contributed by atoms with Gasteiger partial charge >= 0.3 is 0 Å². The fourth-order valence-corrected chi connectivity index (χ4v) is 6.41. The molecule has 2 aromatic rings. The third-order valence-electron chi connectivity index (χ3n) is 8.61. The fraction of sp³-hybridized carbons (Fsp3) is 0.800. The standard InChI is InChI=1S/C25H45N.C20H36N2/c1-21(2,3)16-17(22(4,5)6)19(24(10,11)12)26-20(25(13,14)15)18(16)23(7,8)9;1-17(2,3)13-14(18(4,5)6)22-16(20(10,11)12)15(21-13)19(7,8)9/h1-15H3;1-12H3. The molecule has 3 heteroatoms. The van der Waals surface area contributed by atoms with Gasteiger partial charge in [0.25, 0.3) is 0 Å². The summed E-state index contributed by atoms with van der Waals surface area (Å²) >= 11 is 0. The van der Waals surface area contributed by atoms with Gasteiger partial charge in [-0.2, -0.15) is 0 Å². The Morgan fingerprint density at radius 1 is 0.188 bits per heavy atom. The van der Waals surface area contributed by atoms with Crippen molar-refractivity contribution in [2.45, 2.75) is 236 Å². The van der Waals surface area contributed by atoms with E-state index < -0.39 is 0 Å². The van der Waals surface area contributed by atoms with E-state index in [1.807, 2.05) is 0 Å². The lowest BCUT2D eigenvalue weighted by molar-refractivity contribution is 0.440. The van der Waals surface area contributed by atoms with Gasteiger partial charge in [-0.1, -0.05) is 187 Å². The van der Waals surface area contributed by atoms with Crippen molar-refractivity contribution in [1.29, 1.82) is 0 Å². The molecule has 0 aliphatic carbocycles. The van der Waals surface area contributed by atoms with Gasteiger partial charge in [0.05, 0.1) is 34.2 Å². The van der Waals surface area contributed by atoms with Crippen LogP contribution in [-0.2, 0) is 48.7 Å². The maximum Gasteiger partial charge on any atom is 0.0681 e. The third-order valence-corrected chi connectivity index (χ3v) is 8.61. The highest BCUT2D eigenvalue weighted by molar-refractivity contribution is 5.53. The van der Waals surface area contributed by atoms with E-state index in [-0.39, 0.29) is 48.7 Å². The first kappa shape index (κ1) is 44.3. The average molecular weight is 664 g/mol. The van der Waals surface area contributed by atoms with Crippen molar-refractivity contribution in [3.8, 4) is 0 Å². The molecule has 48 heavy (non-hydrogen) atoms. The summed E-state index contributed by atoms with van der Waals surface area (Å²) in [6, 6.07) is 0. The van der Waals surface area contributed by atoms with Gasteiger partial charge in [-0.05, 0) is 32.9 Å². The predicted octanol–water partition coefficient (Wildman–Crippen LogP) is 13.2. The molecule has 0 saturated heterocycles. The van der Waals surface area contributed by atoms with Crippen LogP contribution in [-0.4, -0.2) is 15.0 Å². The molecule has 0 fully saturated rings. The lowest BCUT2D eigenvalue weighted by Gasteiger charge is -2.42. The molecule has 2 heterocycles. The van der Waals surface area contributed by atoms with Crippen LogP contribution in [0.5, 0.6) is 0 Å². The summed E-state index contributed by atoms with van der Waals surface area (Å²) in [5.74, 6) is 0. The molecule has 0 bridgehead atoms. The van der Waals surface area contributed by atoms with E-state index in [4.69, 9.17) is 15.0 Å². The smallest absolute Gasteiger partial charge is 0.0681 e. The van der Waals surface area contributed by atoms with Crippen LogP contribution in [0.2, 0.25) is 0 Å². The van der Waals surface area contributed by atoms with Crippen molar-refractivity contribution < 1.29 is 0 Å². The Morgan fingerprint density at radius 2 is 0.333 bits per heavy atom. The highest BCUT2D eigenvalue weighted by Gasteiger charge is 2.41. The molecule has 0 N–H and O–H groups in total. The van der Waals surface area contributed by atoms with E-state index in [9.17, 15) is 0 Å². The van der Waals surface area contributed by atoms with Gasteiger partial charge in [0.15, 0.2) is 0 Å². The molecular weight excluding hydrogens is 583 g/mol. The predicted molar refractivity (Wildman–Crippen MR) is 215 cm³/mol. The van der Waals surface area contributed by atoms with Crippen LogP contribution < -0.4 is 0 Å². The van der Waals surface area contributed by atoms with Gasteiger partial charge in [-0.3, -0.25) is 15.0 Å². The average Bonchev–Trinajstić information content (AvgIpc) is 2.77. The fourth-order valence-electron chi connectivity index (χ4n) is 6.41. The molecule has 0 aliphatic heterocycles. The first-order chi connectivity index (χ1) is 20.5. The number of nitrogens with zero attached hydrogens (tertiary/aromatic N) is 3. The Hall–Kier alpha value is -1.77. The Labute approximate surface area is 300 Å². The van der Waals surface area contributed by atoms with Crippen molar-refractivity contribution in [3.63, 3.8) is 0 Å². The maximum atomic E-state index is 5.42. The Bertz CT molecular complexity index is 1270. The number of hydrogen-bond acceptors (Lipinski definition) is 3. The van der Waals surface area contributed by atoms with Crippen LogP contribution in [0.15, 0.2) is 0 Å². The van der Waals surface area contributed by atoms with Gasteiger partial charge in [0, 0.05) is 32.5 Å². The van der Waals surface area contributed by atoms with Crippen molar-refractivity contribution in [2.24, 2.45) is 0 Å². The number of pyridine rings is 1. The van der Waals surface area contributed by atoms with Crippen molar-refractivity contribution in [1.82, 2.24) is 15.0 Å². The second-order valence-electron chi connectivity index (χ2n) is 23.8. The van der Waals surface area contributed by atoms with Crippen molar-refractivity contribution in [2.75, 3.05) is 0 Å². The zero-order valence-electron chi connectivity index (χ0n) is 37.3. The van der Waals surface area contributed by atoms with Crippen LogP contribution in [0, 0.1) is 0 Å². The summed E-state index contributed by atoms with van der Waals surface area (Å²) in [5.41, 5.74) is 11.7. The molecule has 0 saturated carbocycles. The molecule has 276 valence electrons. The minimum absolute atomic E-state index is 0.00791. The molecule has 2 aromatic heterocycles. The van der Waals surface area contributed by atoms with E-state index in [2.05, 4.69) is 187 Å². The molecule has 0 atom stereocenters. The molecule has 2 rings (SSSR count). The number of hydrogen-bond donors (Lipinski definition) is 0. The van der Waals surface area contributed by atoms with E-state index in [1.54, 1.807) is 0 Å².